The second-order valence-electron chi connectivity index (χ2n) is 9.79. The first-order valence-electron chi connectivity index (χ1n) is 13.4. The van der Waals surface area contributed by atoms with E-state index in [1.807, 2.05) is 24.3 Å². The van der Waals surface area contributed by atoms with E-state index >= 15 is 0 Å². The Balaban J connectivity index is 1.23. The number of hydrogen-bond donors (Lipinski definition) is 0. The first-order valence-corrected chi connectivity index (χ1v) is 13.4. The Morgan fingerprint density at radius 3 is 2.74 bits per heavy atom. The number of aryl methyl sites for hydroxylation is 1. The molecule has 1 atom stereocenters. The number of nitrogens with zero attached hydrogens (tertiary/aromatic N) is 6. The van der Waals surface area contributed by atoms with Crippen molar-refractivity contribution in [3.05, 3.63) is 60.4 Å². The SMILES string of the molecule is O=C(COc1ccc(-n2cnnn2)cc1)N1CCCC(=O)N2CCCCC2CCc2cccc(c2)OCC1. The summed E-state index contributed by atoms with van der Waals surface area (Å²) in [5.74, 6) is 1.44. The first-order chi connectivity index (χ1) is 18.7. The van der Waals surface area contributed by atoms with Crippen LogP contribution >= 0.6 is 0 Å². The molecular weight excluding hydrogens is 484 g/mol. The van der Waals surface area contributed by atoms with Crippen molar-refractivity contribution in [3.8, 4) is 17.2 Å². The summed E-state index contributed by atoms with van der Waals surface area (Å²) in [5, 5.41) is 11.1. The minimum Gasteiger partial charge on any atom is -0.492 e. The van der Waals surface area contributed by atoms with Crippen LogP contribution in [0.2, 0.25) is 0 Å². The van der Waals surface area contributed by atoms with E-state index in [1.165, 1.54) is 18.3 Å². The molecule has 2 aliphatic rings. The summed E-state index contributed by atoms with van der Waals surface area (Å²) in [5.41, 5.74) is 2.00. The fraction of sp³-hybridized carbons (Fsp3) is 0.464. The van der Waals surface area contributed by atoms with E-state index in [-0.39, 0.29) is 24.5 Å². The maximum absolute atomic E-state index is 13.1. The molecule has 0 spiro atoms. The number of carbonyl (C=O) groups excluding carboxylic acids is 2. The molecule has 0 N–H and O–H groups in total. The van der Waals surface area contributed by atoms with Crippen LogP contribution in [0.15, 0.2) is 54.9 Å². The summed E-state index contributed by atoms with van der Waals surface area (Å²) in [4.78, 5) is 30.1. The zero-order valence-corrected chi connectivity index (χ0v) is 21.6. The van der Waals surface area contributed by atoms with Gasteiger partial charge in [0, 0.05) is 25.6 Å². The van der Waals surface area contributed by atoms with E-state index in [9.17, 15) is 9.59 Å². The third-order valence-electron chi connectivity index (χ3n) is 7.23. The number of hydrogen-bond acceptors (Lipinski definition) is 7. The van der Waals surface area contributed by atoms with Crippen LogP contribution in [0.3, 0.4) is 0 Å². The van der Waals surface area contributed by atoms with Gasteiger partial charge in [0.15, 0.2) is 6.61 Å². The first kappa shape index (κ1) is 25.7. The van der Waals surface area contributed by atoms with Crippen LogP contribution in [0.4, 0.5) is 0 Å². The normalized spacial score (nSPS) is 19.1. The van der Waals surface area contributed by atoms with Crippen molar-refractivity contribution in [2.75, 3.05) is 32.8 Å². The Bertz CT molecular complexity index is 1200. The van der Waals surface area contributed by atoms with Crippen LogP contribution in [-0.2, 0) is 16.0 Å². The highest BCUT2D eigenvalue weighted by atomic mass is 16.5. The van der Waals surface area contributed by atoms with Crippen molar-refractivity contribution in [1.29, 1.82) is 0 Å². The summed E-state index contributed by atoms with van der Waals surface area (Å²) >= 11 is 0. The summed E-state index contributed by atoms with van der Waals surface area (Å²) < 4.78 is 13.3. The third-order valence-corrected chi connectivity index (χ3v) is 7.23. The second-order valence-corrected chi connectivity index (χ2v) is 9.79. The number of aromatic nitrogens is 4. The highest BCUT2D eigenvalue weighted by Crippen LogP contribution is 2.24. The number of rotatable bonds is 4. The van der Waals surface area contributed by atoms with Crippen molar-refractivity contribution < 1.29 is 19.1 Å². The minimum absolute atomic E-state index is 0.0954. The van der Waals surface area contributed by atoms with Crippen molar-refractivity contribution >= 4 is 11.8 Å². The van der Waals surface area contributed by atoms with Crippen molar-refractivity contribution in [2.24, 2.45) is 0 Å². The molecule has 1 aromatic heterocycles. The summed E-state index contributed by atoms with van der Waals surface area (Å²) in [6.45, 7) is 2.01. The van der Waals surface area contributed by atoms with Gasteiger partial charge in [0.25, 0.3) is 5.91 Å². The van der Waals surface area contributed by atoms with Gasteiger partial charge in [-0.2, -0.15) is 0 Å². The molecule has 38 heavy (non-hydrogen) atoms. The molecular formula is C28H34N6O4. The molecule has 3 heterocycles. The maximum Gasteiger partial charge on any atom is 0.260 e. The number of amides is 2. The molecule has 200 valence electrons. The number of fused-ring (bicyclic) bond motifs is 3. The molecule has 3 aromatic rings. The monoisotopic (exact) mass is 518 g/mol. The quantitative estimate of drug-likeness (QED) is 0.523. The molecule has 5 rings (SSSR count). The Labute approximate surface area is 222 Å². The molecule has 0 saturated carbocycles. The van der Waals surface area contributed by atoms with Crippen molar-refractivity contribution in [2.45, 2.75) is 51.0 Å². The summed E-state index contributed by atoms with van der Waals surface area (Å²) in [7, 11) is 0. The van der Waals surface area contributed by atoms with Gasteiger partial charge in [0.05, 0.1) is 12.2 Å². The lowest BCUT2D eigenvalue weighted by Gasteiger charge is -2.36. The van der Waals surface area contributed by atoms with Gasteiger partial charge in [-0.25, -0.2) is 4.68 Å². The standard InChI is InChI=1S/C28H34N6O4/c35-27-8-4-15-32(28(36)20-38-25-13-11-24(12-14-25)34-21-29-30-31-34)17-18-37-26-7-3-5-22(19-26)9-10-23-6-1-2-16-33(23)27/h3,5,7,11-14,19,21,23H,1-2,4,6,8-10,15-18,20H2. The van der Waals surface area contributed by atoms with Gasteiger partial charge in [0.2, 0.25) is 5.91 Å². The van der Waals surface area contributed by atoms with Crippen LogP contribution in [-0.4, -0.2) is 80.7 Å². The van der Waals surface area contributed by atoms with Crippen LogP contribution < -0.4 is 9.47 Å². The Hall–Kier alpha value is -3.95. The zero-order chi connectivity index (χ0) is 26.2. The molecule has 2 aromatic carbocycles. The third kappa shape index (κ3) is 6.67. The van der Waals surface area contributed by atoms with E-state index in [1.54, 1.807) is 21.7 Å². The topological polar surface area (TPSA) is 103 Å². The number of ether oxygens (including phenoxy) is 2. The van der Waals surface area contributed by atoms with E-state index in [0.717, 1.165) is 43.7 Å². The molecule has 10 nitrogen and oxygen atoms in total. The van der Waals surface area contributed by atoms with Gasteiger partial charge < -0.3 is 19.3 Å². The highest BCUT2D eigenvalue weighted by molar-refractivity contribution is 5.78. The van der Waals surface area contributed by atoms with E-state index in [2.05, 4.69) is 32.6 Å². The Morgan fingerprint density at radius 1 is 1.00 bits per heavy atom. The number of benzene rings is 2. The van der Waals surface area contributed by atoms with E-state index in [0.29, 0.717) is 38.3 Å². The maximum atomic E-state index is 13.1. The van der Waals surface area contributed by atoms with E-state index < -0.39 is 0 Å². The molecule has 1 unspecified atom stereocenters. The van der Waals surface area contributed by atoms with Crippen molar-refractivity contribution in [3.63, 3.8) is 0 Å². The number of tetrazole rings is 1. The fourth-order valence-corrected chi connectivity index (χ4v) is 5.16. The predicted octanol–water partition coefficient (Wildman–Crippen LogP) is 3.06. The zero-order valence-electron chi connectivity index (χ0n) is 21.6. The van der Waals surface area contributed by atoms with Crippen molar-refractivity contribution in [1.82, 2.24) is 30.0 Å². The van der Waals surface area contributed by atoms with Crippen LogP contribution in [0.5, 0.6) is 11.5 Å². The molecule has 0 aliphatic carbocycles. The van der Waals surface area contributed by atoms with Gasteiger partial charge in [-0.15, -0.1) is 5.10 Å². The van der Waals surface area contributed by atoms with Crippen LogP contribution in [0, 0.1) is 0 Å². The largest absolute Gasteiger partial charge is 0.492 e. The smallest absolute Gasteiger partial charge is 0.260 e. The van der Waals surface area contributed by atoms with Gasteiger partial charge >= 0.3 is 0 Å². The summed E-state index contributed by atoms with van der Waals surface area (Å²) in [6.07, 6.45) is 7.73. The fourth-order valence-electron chi connectivity index (χ4n) is 5.16. The van der Waals surface area contributed by atoms with Crippen LogP contribution in [0.25, 0.3) is 5.69 Å². The molecule has 10 heteroatoms. The number of carbonyl (C=O) groups is 2. The molecule has 2 bridgehead atoms. The van der Waals surface area contributed by atoms with Gasteiger partial charge in [0.1, 0.15) is 24.4 Å². The lowest BCUT2D eigenvalue weighted by atomic mass is 9.95. The molecule has 1 saturated heterocycles. The second kappa shape index (κ2) is 12.5. The molecule has 0 radical (unpaired) electrons. The highest BCUT2D eigenvalue weighted by Gasteiger charge is 2.26. The van der Waals surface area contributed by atoms with Gasteiger partial charge in [-0.05, 0) is 90.9 Å². The van der Waals surface area contributed by atoms with Crippen LogP contribution in [0.1, 0.15) is 44.1 Å². The molecule has 2 aliphatic heterocycles. The predicted molar refractivity (Wildman–Crippen MR) is 140 cm³/mol. The minimum atomic E-state index is -0.139. The average molecular weight is 519 g/mol. The average Bonchev–Trinajstić information content (AvgIpc) is 3.49. The van der Waals surface area contributed by atoms with Gasteiger partial charge in [-0.1, -0.05) is 12.1 Å². The molecule has 2 amide bonds. The molecule has 1 fully saturated rings. The Kier molecular flexibility index (Phi) is 8.47. The summed E-state index contributed by atoms with van der Waals surface area (Å²) in [6, 6.07) is 15.6. The van der Waals surface area contributed by atoms with Gasteiger partial charge in [-0.3, -0.25) is 9.59 Å². The lowest BCUT2D eigenvalue weighted by molar-refractivity contribution is -0.137. The van der Waals surface area contributed by atoms with E-state index in [4.69, 9.17) is 9.47 Å². The number of piperidine rings is 1. The Morgan fingerprint density at radius 2 is 1.89 bits per heavy atom. The lowest BCUT2D eigenvalue weighted by Crippen LogP contribution is -2.44.